The number of hydrogen-bond donors (Lipinski definition) is 3. The third-order valence-corrected chi connectivity index (χ3v) is 5.41. The quantitative estimate of drug-likeness (QED) is 0.409. The Bertz CT molecular complexity index is 925. The van der Waals surface area contributed by atoms with Crippen LogP contribution in [0.2, 0.25) is 0 Å². The summed E-state index contributed by atoms with van der Waals surface area (Å²) in [5, 5.41) is 6.85. The Labute approximate surface area is 189 Å². The van der Waals surface area contributed by atoms with Gasteiger partial charge in [0.2, 0.25) is 5.91 Å². The van der Waals surface area contributed by atoms with Crippen LogP contribution in [0, 0.1) is 0 Å². The molecule has 0 bridgehead atoms. The molecule has 1 fully saturated rings. The molecule has 2 aromatic carbocycles. The van der Waals surface area contributed by atoms with Crippen molar-refractivity contribution in [3.63, 3.8) is 0 Å². The number of primary amides is 1. The summed E-state index contributed by atoms with van der Waals surface area (Å²) in [6, 6.07) is 13.6. The van der Waals surface area contributed by atoms with Gasteiger partial charge in [0.05, 0.1) is 20.8 Å². The fraction of sp³-hybridized carbons (Fsp3) is 0.417. The van der Waals surface area contributed by atoms with Crippen molar-refractivity contribution in [3.05, 3.63) is 59.2 Å². The van der Waals surface area contributed by atoms with Crippen LogP contribution in [0.4, 0.5) is 0 Å². The van der Waals surface area contributed by atoms with Gasteiger partial charge < -0.3 is 25.8 Å². The average molecular weight is 440 g/mol. The van der Waals surface area contributed by atoms with Gasteiger partial charge in [0.15, 0.2) is 5.96 Å². The van der Waals surface area contributed by atoms with Crippen LogP contribution in [0.25, 0.3) is 0 Å². The van der Waals surface area contributed by atoms with Crippen molar-refractivity contribution in [2.75, 3.05) is 33.9 Å². The Morgan fingerprint density at radius 2 is 1.91 bits per heavy atom. The Balaban J connectivity index is 1.59. The third-order valence-electron chi connectivity index (χ3n) is 5.41. The molecule has 32 heavy (non-hydrogen) atoms. The molecule has 0 aliphatic carbocycles. The lowest BCUT2D eigenvalue weighted by Crippen LogP contribution is -2.44. The number of ether oxygens (including phenoxy) is 2. The molecule has 1 aliphatic heterocycles. The summed E-state index contributed by atoms with van der Waals surface area (Å²) in [5.74, 6) is 1.94. The molecule has 8 heteroatoms. The maximum atomic E-state index is 11.4. The number of nitrogens with zero attached hydrogens (tertiary/aromatic N) is 2. The lowest BCUT2D eigenvalue weighted by molar-refractivity contribution is 0.1000. The summed E-state index contributed by atoms with van der Waals surface area (Å²) in [5.41, 5.74) is 7.98. The number of guanidine groups is 1. The van der Waals surface area contributed by atoms with E-state index in [0.29, 0.717) is 18.2 Å². The van der Waals surface area contributed by atoms with Crippen molar-refractivity contribution >= 4 is 11.9 Å². The standard InChI is InChI=1S/C24H33N5O3/c1-4-26-24(27-14-17-6-5-7-19(10-17)23(25)30)28-20-8-9-29(16-20)15-18-11-21(31-2)13-22(12-18)32-3/h5-7,10-13,20H,4,8-9,14-16H2,1-3H3,(H2,25,30)(H2,26,27,28). The SMILES string of the molecule is CCNC(=NCc1cccc(C(N)=O)c1)NC1CCN(Cc2cc(OC)cc(OC)c2)C1. The Hall–Kier alpha value is -3.26. The smallest absolute Gasteiger partial charge is 0.248 e. The first-order chi connectivity index (χ1) is 15.5. The van der Waals surface area contributed by atoms with Crippen molar-refractivity contribution in [2.45, 2.75) is 32.5 Å². The monoisotopic (exact) mass is 439 g/mol. The number of carbonyl (C=O) groups is 1. The van der Waals surface area contributed by atoms with E-state index in [2.05, 4.69) is 27.7 Å². The topological polar surface area (TPSA) is 101 Å². The van der Waals surface area contributed by atoms with Crippen molar-refractivity contribution in [2.24, 2.45) is 10.7 Å². The van der Waals surface area contributed by atoms with Crippen LogP contribution in [0.3, 0.4) is 0 Å². The molecule has 1 unspecified atom stereocenters. The van der Waals surface area contributed by atoms with Gasteiger partial charge in [-0.25, -0.2) is 4.99 Å². The average Bonchev–Trinajstić information content (AvgIpc) is 3.24. The number of aliphatic imine (C=N–C) groups is 1. The van der Waals surface area contributed by atoms with Crippen molar-refractivity contribution in [1.82, 2.24) is 15.5 Å². The molecule has 1 atom stereocenters. The second-order valence-corrected chi connectivity index (χ2v) is 7.85. The molecule has 0 aromatic heterocycles. The zero-order valence-electron chi connectivity index (χ0n) is 19.1. The predicted octanol–water partition coefficient (Wildman–Crippen LogP) is 2.13. The third kappa shape index (κ3) is 6.62. The molecule has 8 nitrogen and oxygen atoms in total. The van der Waals surface area contributed by atoms with E-state index in [1.54, 1.807) is 26.4 Å². The Kier molecular flexibility index (Phi) is 8.33. The van der Waals surface area contributed by atoms with E-state index in [9.17, 15) is 4.79 Å². The molecule has 0 radical (unpaired) electrons. The van der Waals surface area contributed by atoms with E-state index < -0.39 is 5.91 Å². The molecule has 2 aromatic rings. The van der Waals surface area contributed by atoms with Gasteiger partial charge in [-0.1, -0.05) is 12.1 Å². The van der Waals surface area contributed by atoms with E-state index in [4.69, 9.17) is 20.2 Å². The van der Waals surface area contributed by atoms with Crippen LogP contribution in [0.5, 0.6) is 11.5 Å². The fourth-order valence-electron chi connectivity index (χ4n) is 3.82. The van der Waals surface area contributed by atoms with Crippen LogP contribution in [-0.2, 0) is 13.1 Å². The number of nitrogens with one attached hydrogen (secondary N) is 2. The summed E-state index contributed by atoms with van der Waals surface area (Å²) in [4.78, 5) is 18.5. The summed E-state index contributed by atoms with van der Waals surface area (Å²) in [7, 11) is 3.33. The highest BCUT2D eigenvalue weighted by molar-refractivity contribution is 5.92. The number of hydrogen-bond acceptors (Lipinski definition) is 5. The molecule has 1 aliphatic rings. The lowest BCUT2D eigenvalue weighted by Gasteiger charge is -2.19. The molecule has 0 spiro atoms. The highest BCUT2D eigenvalue weighted by Gasteiger charge is 2.23. The second-order valence-electron chi connectivity index (χ2n) is 7.85. The van der Waals surface area contributed by atoms with Crippen molar-refractivity contribution in [3.8, 4) is 11.5 Å². The first-order valence-electron chi connectivity index (χ1n) is 10.9. The van der Waals surface area contributed by atoms with Gasteiger partial charge in [0, 0.05) is 43.9 Å². The second kappa shape index (κ2) is 11.4. The lowest BCUT2D eigenvalue weighted by atomic mass is 10.1. The zero-order chi connectivity index (χ0) is 22.9. The van der Waals surface area contributed by atoms with E-state index in [-0.39, 0.29) is 0 Å². The van der Waals surface area contributed by atoms with Gasteiger partial charge >= 0.3 is 0 Å². The minimum Gasteiger partial charge on any atom is -0.497 e. The van der Waals surface area contributed by atoms with Gasteiger partial charge in [0.25, 0.3) is 0 Å². The van der Waals surface area contributed by atoms with E-state index in [1.807, 2.05) is 25.1 Å². The molecule has 4 N–H and O–H groups in total. The molecular formula is C24H33N5O3. The minimum atomic E-state index is -0.430. The van der Waals surface area contributed by atoms with Crippen LogP contribution in [0.15, 0.2) is 47.5 Å². The maximum Gasteiger partial charge on any atom is 0.248 e. The highest BCUT2D eigenvalue weighted by atomic mass is 16.5. The summed E-state index contributed by atoms with van der Waals surface area (Å²) in [6.45, 7) is 6.03. The Morgan fingerprint density at radius 3 is 2.56 bits per heavy atom. The highest BCUT2D eigenvalue weighted by Crippen LogP contribution is 2.24. The van der Waals surface area contributed by atoms with E-state index in [0.717, 1.165) is 61.2 Å². The van der Waals surface area contributed by atoms with Gasteiger partial charge in [-0.15, -0.1) is 0 Å². The van der Waals surface area contributed by atoms with Crippen LogP contribution in [0.1, 0.15) is 34.8 Å². The minimum absolute atomic E-state index is 0.303. The molecule has 1 amide bonds. The first kappa shape index (κ1) is 23.4. The number of rotatable bonds is 9. The molecule has 0 saturated carbocycles. The summed E-state index contributed by atoms with van der Waals surface area (Å²) >= 11 is 0. The summed E-state index contributed by atoms with van der Waals surface area (Å²) in [6.07, 6.45) is 1.03. The number of methoxy groups -OCH3 is 2. The van der Waals surface area contributed by atoms with Crippen LogP contribution < -0.4 is 25.8 Å². The van der Waals surface area contributed by atoms with Crippen LogP contribution >= 0.6 is 0 Å². The van der Waals surface area contributed by atoms with Gasteiger partial charge in [-0.3, -0.25) is 9.69 Å². The van der Waals surface area contributed by atoms with E-state index in [1.165, 1.54) is 0 Å². The molecule has 1 heterocycles. The molecule has 1 saturated heterocycles. The van der Waals surface area contributed by atoms with E-state index >= 15 is 0 Å². The zero-order valence-corrected chi connectivity index (χ0v) is 19.1. The number of carbonyl (C=O) groups excluding carboxylic acids is 1. The number of likely N-dealkylation sites (tertiary alicyclic amines) is 1. The normalized spacial score (nSPS) is 16.6. The maximum absolute atomic E-state index is 11.4. The van der Waals surface area contributed by atoms with Gasteiger partial charge in [0.1, 0.15) is 11.5 Å². The Morgan fingerprint density at radius 1 is 1.16 bits per heavy atom. The first-order valence-corrected chi connectivity index (χ1v) is 10.9. The number of benzene rings is 2. The largest absolute Gasteiger partial charge is 0.497 e. The van der Waals surface area contributed by atoms with Gasteiger partial charge in [-0.2, -0.15) is 0 Å². The molecule has 3 rings (SSSR count). The fourth-order valence-corrected chi connectivity index (χ4v) is 3.82. The van der Waals surface area contributed by atoms with Crippen LogP contribution in [-0.4, -0.2) is 56.7 Å². The predicted molar refractivity (Wildman–Crippen MR) is 126 cm³/mol. The molecule has 172 valence electrons. The van der Waals surface area contributed by atoms with Crippen molar-refractivity contribution in [1.29, 1.82) is 0 Å². The number of nitrogens with two attached hydrogens (primary N) is 1. The van der Waals surface area contributed by atoms with Crippen molar-refractivity contribution < 1.29 is 14.3 Å². The summed E-state index contributed by atoms with van der Waals surface area (Å²) < 4.78 is 10.8. The number of amides is 1. The van der Waals surface area contributed by atoms with Gasteiger partial charge in [-0.05, 0) is 48.7 Å². The molecular weight excluding hydrogens is 406 g/mol.